The Morgan fingerprint density at radius 1 is 1.54 bits per heavy atom. The highest BCUT2D eigenvalue weighted by Gasteiger charge is 2.03. The van der Waals surface area contributed by atoms with Crippen molar-refractivity contribution in [2.45, 2.75) is 19.9 Å². The van der Waals surface area contributed by atoms with E-state index < -0.39 is 0 Å². The maximum Gasteiger partial charge on any atom is 0.296 e. The number of nitrogens with one attached hydrogen (secondary N) is 1. The van der Waals surface area contributed by atoms with Crippen molar-refractivity contribution in [3.63, 3.8) is 0 Å². The Balaban J connectivity index is 2.40. The molecule has 0 aromatic carbocycles. The van der Waals surface area contributed by atoms with Gasteiger partial charge in [0.1, 0.15) is 6.26 Å². The Kier molecular flexibility index (Phi) is 3.76. The van der Waals surface area contributed by atoms with Crippen molar-refractivity contribution in [2.75, 3.05) is 25.5 Å². The van der Waals surface area contributed by atoms with Gasteiger partial charge in [-0.05, 0) is 13.0 Å². The molecule has 74 valence electrons. The number of hydrogen-bond donors (Lipinski definition) is 1. The molecule has 13 heavy (non-hydrogen) atoms. The summed E-state index contributed by atoms with van der Waals surface area (Å²) in [4.78, 5) is 6.13. The van der Waals surface area contributed by atoms with Crippen LogP contribution in [-0.4, -0.2) is 25.6 Å². The largest absolute Gasteiger partial charge is 0.432 e. The molecule has 0 spiro atoms. The first-order valence-corrected chi connectivity index (χ1v) is 4.56. The summed E-state index contributed by atoms with van der Waals surface area (Å²) in [6, 6.07) is 0.660. The zero-order chi connectivity index (χ0) is 9.68. The Morgan fingerprint density at radius 2 is 2.31 bits per heavy atom. The second-order valence-electron chi connectivity index (χ2n) is 3.19. The van der Waals surface area contributed by atoms with Crippen molar-refractivity contribution in [3.8, 4) is 0 Å². The minimum atomic E-state index is 0.660. The van der Waals surface area contributed by atoms with E-state index >= 15 is 0 Å². The van der Waals surface area contributed by atoms with Crippen molar-refractivity contribution in [1.29, 1.82) is 0 Å². The van der Waals surface area contributed by atoms with E-state index in [0.717, 1.165) is 25.2 Å². The van der Waals surface area contributed by atoms with Crippen molar-refractivity contribution in [1.82, 2.24) is 10.3 Å². The lowest BCUT2D eigenvalue weighted by molar-refractivity contribution is 0.553. The summed E-state index contributed by atoms with van der Waals surface area (Å²) in [5.41, 5.74) is 0.956. The van der Waals surface area contributed by atoms with Crippen LogP contribution in [-0.2, 0) is 6.54 Å². The predicted octanol–water partition coefficient (Wildman–Crippen LogP) is 1.24. The van der Waals surface area contributed by atoms with E-state index in [0.29, 0.717) is 6.01 Å². The van der Waals surface area contributed by atoms with Gasteiger partial charge in [-0.25, -0.2) is 0 Å². The molecule has 0 aliphatic rings. The smallest absolute Gasteiger partial charge is 0.296 e. The summed E-state index contributed by atoms with van der Waals surface area (Å²) < 4.78 is 5.23. The third kappa shape index (κ3) is 3.06. The summed E-state index contributed by atoms with van der Waals surface area (Å²) in [6.45, 7) is 3.94. The number of rotatable bonds is 5. The van der Waals surface area contributed by atoms with Gasteiger partial charge in [0.15, 0.2) is 0 Å². The van der Waals surface area contributed by atoms with Gasteiger partial charge in [0.2, 0.25) is 0 Å². The lowest BCUT2D eigenvalue weighted by Crippen LogP contribution is -2.14. The molecule has 0 bridgehead atoms. The molecule has 4 heteroatoms. The molecule has 0 aliphatic heterocycles. The summed E-state index contributed by atoms with van der Waals surface area (Å²) in [6.07, 6.45) is 2.83. The fourth-order valence-electron chi connectivity index (χ4n) is 0.976. The molecular weight excluding hydrogens is 166 g/mol. The van der Waals surface area contributed by atoms with Crippen LogP contribution in [0.4, 0.5) is 6.01 Å². The number of oxazole rings is 1. The van der Waals surface area contributed by atoms with Crippen molar-refractivity contribution in [3.05, 3.63) is 12.0 Å². The van der Waals surface area contributed by atoms with Crippen molar-refractivity contribution in [2.24, 2.45) is 0 Å². The zero-order valence-electron chi connectivity index (χ0n) is 8.50. The molecule has 0 saturated heterocycles. The highest BCUT2D eigenvalue weighted by atomic mass is 16.4. The van der Waals surface area contributed by atoms with E-state index in [1.807, 2.05) is 19.0 Å². The first kappa shape index (κ1) is 10.1. The van der Waals surface area contributed by atoms with Crippen LogP contribution in [0, 0.1) is 0 Å². The van der Waals surface area contributed by atoms with Crippen LogP contribution < -0.4 is 10.2 Å². The summed E-state index contributed by atoms with van der Waals surface area (Å²) in [5, 5.41) is 3.26. The third-order valence-electron chi connectivity index (χ3n) is 1.66. The molecule has 0 saturated carbocycles. The van der Waals surface area contributed by atoms with Gasteiger partial charge >= 0.3 is 0 Å². The molecule has 1 heterocycles. The molecule has 0 atom stereocenters. The number of anilines is 1. The summed E-state index contributed by atoms with van der Waals surface area (Å²) in [5.74, 6) is 0. The van der Waals surface area contributed by atoms with E-state index in [9.17, 15) is 0 Å². The van der Waals surface area contributed by atoms with Crippen LogP contribution in [0.1, 0.15) is 19.0 Å². The second-order valence-corrected chi connectivity index (χ2v) is 3.19. The average molecular weight is 183 g/mol. The molecule has 1 aromatic heterocycles. The van der Waals surface area contributed by atoms with Gasteiger partial charge in [-0.15, -0.1) is 0 Å². The van der Waals surface area contributed by atoms with E-state index in [1.165, 1.54) is 0 Å². The highest BCUT2D eigenvalue weighted by Crippen LogP contribution is 2.09. The zero-order valence-corrected chi connectivity index (χ0v) is 8.50. The van der Waals surface area contributed by atoms with Gasteiger partial charge in [0.05, 0.1) is 5.69 Å². The third-order valence-corrected chi connectivity index (χ3v) is 1.66. The van der Waals surface area contributed by atoms with Gasteiger partial charge in [0, 0.05) is 20.6 Å². The molecule has 0 amide bonds. The van der Waals surface area contributed by atoms with Gasteiger partial charge in [0.25, 0.3) is 6.01 Å². The fourth-order valence-corrected chi connectivity index (χ4v) is 0.976. The first-order valence-electron chi connectivity index (χ1n) is 4.56. The van der Waals surface area contributed by atoms with Gasteiger partial charge < -0.3 is 14.6 Å². The number of hydrogen-bond acceptors (Lipinski definition) is 4. The monoisotopic (exact) mass is 183 g/mol. The predicted molar refractivity (Wildman–Crippen MR) is 52.8 cm³/mol. The number of nitrogens with zero attached hydrogens (tertiary/aromatic N) is 2. The number of aromatic nitrogens is 1. The van der Waals surface area contributed by atoms with Crippen LogP contribution in [0.25, 0.3) is 0 Å². The van der Waals surface area contributed by atoms with Gasteiger partial charge in [-0.2, -0.15) is 4.98 Å². The van der Waals surface area contributed by atoms with E-state index in [4.69, 9.17) is 4.42 Å². The van der Waals surface area contributed by atoms with Crippen LogP contribution in [0.3, 0.4) is 0 Å². The minimum Gasteiger partial charge on any atom is -0.432 e. The summed E-state index contributed by atoms with van der Waals surface area (Å²) in [7, 11) is 3.82. The maximum atomic E-state index is 5.23. The Hall–Kier alpha value is -1.03. The highest BCUT2D eigenvalue weighted by molar-refractivity contribution is 5.23. The molecule has 0 unspecified atom stereocenters. The Morgan fingerprint density at radius 3 is 2.85 bits per heavy atom. The van der Waals surface area contributed by atoms with E-state index in [-0.39, 0.29) is 0 Å². The first-order chi connectivity index (χ1) is 6.24. The van der Waals surface area contributed by atoms with Crippen LogP contribution in [0.15, 0.2) is 10.7 Å². The van der Waals surface area contributed by atoms with E-state index in [2.05, 4.69) is 17.2 Å². The molecule has 0 aliphatic carbocycles. The van der Waals surface area contributed by atoms with Gasteiger partial charge in [-0.3, -0.25) is 0 Å². The molecule has 0 radical (unpaired) electrons. The van der Waals surface area contributed by atoms with Crippen molar-refractivity contribution >= 4 is 6.01 Å². The van der Waals surface area contributed by atoms with Gasteiger partial charge in [-0.1, -0.05) is 6.92 Å². The van der Waals surface area contributed by atoms with Crippen molar-refractivity contribution < 1.29 is 4.42 Å². The van der Waals surface area contributed by atoms with Crippen LogP contribution in [0.2, 0.25) is 0 Å². The van der Waals surface area contributed by atoms with Crippen LogP contribution in [0.5, 0.6) is 0 Å². The lowest BCUT2D eigenvalue weighted by atomic mass is 10.4. The molecular formula is C9H17N3O. The Bertz CT molecular complexity index is 245. The maximum absolute atomic E-state index is 5.23. The topological polar surface area (TPSA) is 41.3 Å². The second kappa shape index (κ2) is 4.87. The lowest BCUT2D eigenvalue weighted by Gasteiger charge is -2.03. The summed E-state index contributed by atoms with van der Waals surface area (Å²) >= 11 is 0. The standard InChI is InChI=1S/C9H17N3O/c1-4-5-10-6-8-7-13-9(11-8)12(2)3/h7,10H,4-6H2,1-3H3. The van der Waals surface area contributed by atoms with Crippen LogP contribution >= 0.6 is 0 Å². The molecule has 0 fully saturated rings. The average Bonchev–Trinajstić information content (AvgIpc) is 2.53. The normalized spacial score (nSPS) is 10.4. The minimum absolute atomic E-state index is 0.660. The Labute approximate surface area is 78.9 Å². The molecule has 1 aromatic rings. The quantitative estimate of drug-likeness (QED) is 0.697. The molecule has 4 nitrogen and oxygen atoms in total. The SMILES string of the molecule is CCCNCc1coc(N(C)C)n1. The molecule has 1 N–H and O–H groups in total. The van der Waals surface area contributed by atoms with E-state index in [1.54, 1.807) is 6.26 Å². The molecule has 1 rings (SSSR count). The fraction of sp³-hybridized carbons (Fsp3) is 0.667.